The minimum absolute atomic E-state index is 0.140. The van der Waals surface area contributed by atoms with Crippen molar-refractivity contribution < 1.29 is 0 Å². The fourth-order valence-electron chi connectivity index (χ4n) is 1.24. The molecular weight excluding hydrogens is 321 g/mol. The summed E-state index contributed by atoms with van der Waals surface area (Å²) in [5, 5.41) is 7.28. The highest BCUT2D eigenvalue weighted by Gasteiger charge is 2.05. The van der Waals surface area contributed by atoms with E-state index in [0.717, 1.165) is 5.69 Å². The summed E-state index contributed by atoms with van der Waals surface area (Å²) in [4.78, 5) is 17.9. The molecule has 0 aliphatic rings. The minimum atomic E-state index is -0.140. The Kier molecular flexibility index (Phi) is 3.22. The average molecular weight is 331 g/mol. The standard InChI is InChI=1S/C9H10IN5O/c1-15-3-2-6(14-15)4-11-8-7(10)9(16)13-5-12-8/h2-3,5H,4H2,1H3,(H2,11,12,13,16). The van der Waals surface area contributed by atoms with E-state index in [4.69, 9.17) is 0 Å². The fraction of sp³-hybridized carbons (Fsp3) is 0.222. The van der Waals surface area contributed by atoms with E-state index in [1.165, 1.54) is 6.33 Å². The summed E-state index contributed by atoms with van der Waals surface area (Å²) in [6, 6.07) is 1.91. The van der Waals surface area contributed by atoms with Crippen LogP contribution in [0.2, 0.25) is 0 Å². The van der Waals surface area contributed by atoms with Gasteiger partial charge in [0.25, 0.3) is 5.56 Å². The van der Waals surface area contributed by atoms with Crippen LogP contribution in [-0.4, -0.2) is 19.7 Å². The molecule has 7 heteroatoms. The van der Waals surface area contributed by atoms with Crippen molar-refractivity contribution in [1.29, 1.82) is 0 Å². The molecule has 84 valence electrons. The molecule has 0 unspecified atom stereocenters. The number of rotatable bonds is 3. The lowest BCUT2D eigenvalue weighted by molar-refractivity contribution is 0.746. The number of nitrogens with zero attached hydrogens (tertiary/aromatic N) is 3. The molecule has 0 radical (unpaired) electrons. The molecule has 2 rings (SSSR count). The SMILES string of the molecule is Cn1ccc(CNc2nc[nH]c(=O)c2I)n1. The largest absolute Gasteiger partial charge is 0.363 e. The molecule has 0 spiro atoms. The van der Waals surface area contributed by atoms with Gasteiger partial charge in [-0.15, -0.1) is 0 Å². The van der Waals surface area contributed by atoms with E-state index in [-0.39, 0.29) is 5.56 Å². The Morgan fingerprint density at radius 3 is 3.12 bits per heavy atom. The molecule has 0 saturated carbocycles. The summed E-state index contributed by atoms with van der Waals surface area (Å²) < 4.78 is 2.28. The van der Waals surface area contributed by atoms with Crippen LogP contribution in [0.25, 0.3) is 0 Å². The number of hydrogen-bond donors (Lipinski definition) is 2. The molecule has 0 aliphatic carbocycles. The normalized spacial score (nSPS) is 10.4. The number of hydrogen-bond acceptors (Lipinski definition) is 4. The van der Waals surface area contributed by atoms with Crippen LogP contribution >= 0.6 is 22.6 Å². The van der Waals surface area contributed by atoms with Crippen molar-refractivity contribution in [3.05, 3.63) is 38.2 Å². The first-order valence-electron chi connectivity index (χ1n) is 4.62. The van der Waals surface area contributed by atoms with Gasteiger partial charge in [-0.3, -0.25) is 9.48 Å². The molecule has 6 nitrogen and oxygen atoms in total. The summed E-state index contributed by atoms with van der Waals surface area (Å²) >= 11 is 1.96. The van der Waals surface area contributed by atoms with Crippen LogP contribution in [0.3, 0.4) is 0 Å². The zero-order valence-corrected chi connectivity index (χ0v) is 10.7. The lowest BCUT2D eigenvalue weighted by Gasteiger charge is -2.04. The average Bonchev–Trinajstić information content (AvgIpc) is 2.67. The molecule has 0 aromatic carbocycles. The fourth-order valence-corrected chi connectivity index (χ4v) is 1.72. The Morgan fingerprint density at radius 2 is 2.44 bits per heavy atom. The summed E-state index contributed by atoms with van der Waals surface area (Å²) in [5.41, 5.74) is 0.763. The van der Waals surface area contributed by atoms with Gasteiger partial charge in [0.2, 0.25) is 0 Å². The van der Waals surface area contributed by atoms with Gasteiger partial charge in [-0.1, -0.05) is 0 Å². The molecule has 2 aromatic heterocycles. The highest BCUT2D eigenvalue weighted by atomic mass is 127. The second-order valence-corrected chi connectivity index (χ2v) is 4.31. The van der Waals surface area contributed by atoms with Gasteiger partial charge >= 0.3 is 0 Å². The number of halogens is 1. The Bertz CT molecular complexity index is 547. The summed E-state index contributed by atoms with van der Waals surface area (Å²) in [6.07, 6.45) is 3.25. The number of aromatic nitrogens is 4. The van der Waals surface area contributed by atoms with Crippen LogP contribution in [-0.2, 0) is 13.6 Å². The van der Waals surface area contributed by atoms with E-state index in [9.17, 15) is 4.79 Å². The van der Waals surface area contributed by atoms with Crippen LogP contribution in [0.1, 0.15) is 5.69 Å². The third kappa shape index (κ3) is 2.40. The highest BCUT2D eigenvalue weighted by Crippen LogP contribution is 2.09. The number of H-pyrrole nitrogens is 1. The quantitative estimate of drug-likeness (QED) is 0.813. The maximum absolute atomic E-state index is 11.3. The molecule has 0 saturated heterocycles. The van der Waals surface area contributed by atoms with Gasteiger partial charge in [-0.25, -0.2) is 4.98 Å². The van der Waals surface area contributed by atoms with Gasteiger partial charge in [0.15, 0.2) is 0 Å². The van der Waals surface area contributed by atoms with E-state index in [1.807, 2.05) is 41.9 Å². The number of aromatic amines is 1. The first kappa shape index (κ1) is 11.1. The molecule has 0 atom stereocenters. The highest BCUT2D eigenvalue weighted by molar-refractivity contribution is 14.1. The lowest BCUT2D eigenvalue weighted by atomic mass is 10.4. The van der Waals surface area contributed by atoms with Crippen molar-refractivity contribution in [2.75, 3.05) is 5.32 Å². The predicted molar refractivity (Wildman–Crippen MR) is 68.1 cm³/mol. The van der Waals surface area contributed by atoms with Crippen molar-refractivity contribution in [2.24, 2.45) is 7.05 Å². The zero-order chi connectivity index (χ0) is 11.5. The molecule has 0 aliphatic heterocycles. The second-order valence-electron chi connectivity index (χ2n) is 3.23. The van der Waals surface area contributed by atoms with E-state index < -0.39 is 0 Å². The van der Waals surface area contributed by atoms with Crippen molar-refractivity contribution >= 4 is 28.4 Å². The Balaban J connectivity index is 2.10. The zero-order valence-electron chi connectivity index (χ0n) is 8.57. The predicted octanol–water partition coefficient (Wildman–Crippen LogP) is 0.720. The van der Waals surface area contributed by atoms with Crippen LogP contribution in [0, 0.1) is 3.57 Å². The molecule has 16 heavy (non-hydrogen) atoms. The Morgan fingerprint density at radius 1 is 1.62 bits per heavy atom. The second kappa shape index (κ2) is 4.64. The van der Waals surface area contributed by atoms with Gasteiger partial charge in [0.1, 0.15) is 9.39 Å². The first-order chi connectivity index (χ1) is 7.66. The summed E-state index contributed by atoms with van der Waals surface area (Å²) in [6.45, 7) is 0.549. The number of nitrogens with one attached hydrogen (secondary N) is 2. The van der Waals surface area contributed by atoms with E-state index >= 15 is 0 Å². The Hall–Kier alpha value is -1.38. The third-order valence-corrected chi connectivity index (χ3v) is 3.00. The summed E-state index contributed by atoms with van der Waals surface area (Å²) in [7, 11) is 1.86. The van der Waals surface area contributed by atoms with Crippen LogP contribution in [0.4, 0.5) is 5.82 Å². The van der Waals surface area contributed by atoms with E-state index in [2.05, 4.69) is 20.4 Å². The van der Waals surface area contributed by atoms with Gasteiger partial charge in [-0.2, -0.15) is 5.10 Å². The minimum Gasteiger partial charge on any atom is -0.363 e. The lowest BCUT2D eigenvalue weighted by Crippen LogP contribution is -2.14. The number of anilines is 1. The smallest absolute Gasteiger partial charge is 0.266 e. The van der Waals surface area contributed by atoms with Crippen LogP contribution < -0.4 is 10.9 Å². The monoisotopic (exact) mass is 331 g/mol. The van der Waals surface area contributed by atoms with Gasteiger partial charge in [0.05, 0.1) is 18.6 Å². The van der Waals surface area contributed by atoms with Crippen molar-refractivity contribution in [1.82, 2.24) is 19.7 Å². The molecule has 2 N–H and O–H groups in total. The van der Waals surface area contributed by atoms with Crippen molar-refractivity contribution in [3.63, 3.8) is 0 Å². The van der Waals surface area contributed by atoms with Gasteiger partial charge in [-0.05, 0) is 28.7 Å². The van der Waals surface area contributed by atoms with E-state index in [0.29, 0.717) is 15.9 Å². The van der Waals surface area contributed by atoms with E-state index in [1.54, 1.807) is 4.68 Å². The molecule has 2 aromatic rings. The summed E-state index contributed by atoms with van der Waals surface area (Å²) in [5.74, 6) is 0.579. The molecule has 0 amide bonds. The van der Waals surface area contributed by atoms with Crippen molar-refractivity contribution in [2.45, 2.75) is 6.54 Å². The maximum Gasteiger partial charge on any atom is 0.266 e. The topological polar surface area (TPSA) is 75.6 Å². The number of aryl methyl sites for hydroxylation is 1. The molecule has 2 heterocycles. The first-order valence-corrected chi connectivity index (χ1v) is 5.70. The van der Waals surface area contributed by atoms with Gasteiger partial charge in [0, 0.05) is 13.2 Å². The molecule has 0 fully saturated rings. The third-order valence-electron chi connectivity index (χ3n) is 2.00. The molecule has 0 bridgehead atoms. The maximum atomic E-state index is 11.3. The van der Waals surface area contributed by atoms with Crippen molar-refractivity contribution in [3.8, 4) is 0 Å². The van der Waals surface area contributed by atoms with Crippen LogP contribution in [0.5, 0.6) is 0 Å². The van der Waals surface area contributed by atoms with Crippen LogP contribution in [0.15, 0.2) is 23.4 Å². The Labute approximate surface area is 105 Å². The molecular formula is C9H10IN5O. The van der Waals surface area contributed by atoms with Gasteiger partial charge < -0.3 is 10.3 Å².